The molecular formula is C27H32ClF3N4O3. The smallest absolute Gasteiger partial charge is 0.381 e. The fourth-order valence-electron chi connectivity index (χ4n) is 5.24. The van der Waals surface area contributed by atoms with Crippen molar-refractivity contribution in [2.45, 2.75) is 43.1 Å². The number of amides is 2. The van der Waals surface area contributed by atoms with Crippen LogP contribution in [-0.4, -0.2) is 90.2 Å². The number of alkyl halides is 3. The van der Waals surface area contributed by atoms with E-state index in [2.05, 4.69) is 10.2 Å². The molecule has 2 aromatic carbocycles. The number of carbonyl (C=O) groups excluding carboxylic acids is 2. The summed E-state index contributed by atoms with van der Waals surface area (Å²) < 4.78 is 41.8. The molecule has 2 aliphatic rings. The molecule has 38 heavy (non-hydrogen) atoms. The fraction of sp³-hybridized carbons (Fsp3) is 0.481. The van der Waals surface area contributed by atoms with Crippen molar-refractivity contribution in [2.75, 3.05) is 45.6 Å². The molecule has 2 aromatic rings. The lowest BCUT2D eigenvalue weighted by Gasteiger charge is -2.40. The number of piperidine rings is 1. The molecule has 7 nitrogen and oxygen atoms in total. The quantitative estimate of drug-likeness (QED) is 0.567. The molecule has 2 fully saturated rings. The van der Waals surface area contributed by atoms with Crippen LogP contribution in [0.2, 0.25) is 5.02 Å². The van der Waals surface area contributed by atoms with Crippen LogP contribution in [-0.2, 0) is 10.4 Å². The Morgan fingerprint density at radius 1 is 1.03 bits per heavy atom. The van der Waals surface area contributed by atoms with Crippen molar-refractivity contribution in [3.8, 4) is 0 Å². The predicted octanol–water partition coefficient (Wildman–Crippen LogP) is 3.97. The van der Waals surface area contributed by atoms with Crippen molar-refractivity contribution >= 4 is 29.1 Å². The number of nitrogens with one attached hydrogen (secondary N) is 1. The minimum atomic E-state index is -5.14. The molecule has 0 aliphatic carbocycles. The van der Waals surface area contributed by atoms with Gasteiger partial charge in [-0.1, -0.05) is 41.9 Å². The van der Waals surface area contributed by atoms with Crippen molar-refractivity contribution < 1.29 is 27.9 Å². The van der Waals surface area contributed by atoms with Crippen LogP contribution < -0.4 is 5.32 Å². The second-order valence-corrected chi connectivity index (χ2v) is 10.5. The first-order valence-electron chi connectivity index (χ1n) is 12.6. The molecule has 2 N–H and O–H groups in total. The third kappa shape index (κ3) is 5.62. The molecule has 2 atom stereocenters. The predicted molar refractivity (Wildman–Crippen MR) is 139 cm³/mol. The summed E-state index contributed by atoms with van der Waals surface area (Å²) in [5, 5.41) is 14.4. The third-order valence-electron chi connectivity index (χ3n) is 7.38. The number of rotatable bonds is 6. The average molecular weight is 553 g/mol. The number of aliphatic hydroxyl groups is 1. The van der Waals surface area contributed by atoms with Gasteiger partial charge in [0.05, 0.1) is 10.6 Å². The molecule has 206 valence electrons. The maximum Gasteiger partial charge on any atom is 0.430 e. The first-order valence-corrected chi connectivity index (χ1v) is 13.0. The van der Waals surface area contributed by atoms with Gasteiger partial charge in [0.25, 0.3) is 17.4 Å². The van der Waals surface area contributed by atoms with Crippen LogP contribution in [0.3, 0.4) is 0 Å². The molecule has 2 amide bonds. The highest BCUT2D eigenvalue weighted by Crippen LogP contribution is 2.41. The number of hydrogen-bond acceptors (Lipinski definition) is 5. The summed E-state index contributed by atoms with van der Waals surface area (Å²) in [4.78, 5) is 30.1. The average Bonchev–Trinajstić information content (AvgIpc) is 3.35. The lowest BCUT2D eigenvalue weighted by molar-refractivity contribution is -0.262. The van der Waals surface area contributed by atoms with E-state index in [0.717, 1.165) is 42.2 Å². The normalized spacial score (nSPS) is 20.7. The summed E-state index contributed by atoms with van der Waals surface area (Å²) >= 11 is 6.32. The Morgan fingerprint density at radius 3 is 2.26 bits per heavy atom. The first-order chi connectivity index (χ1) is 17.9. The second kappa shape index (κ2) is 11.1. The molecule has 0 radical (unpaired) electrons. The van der Waals surface area contributed by atoms with Gasteiger partial charge in [0.15, 0.2) is 0 Å². The zero-order valence-electron chi connectivity index (χ0n) is 21.3. The largest absolute Gasteiger partial charge is 0.430 e. The Hall–Kier alpha value is -2.82. The lowest BCUT2D eigenvalue weighted by atomic mass is 9.90. The van der Waals surface area contributed by atoms with Gasteiger partial charge in [0, 0.05) is 63.6 Å². The van der Waals surface area contributed by atoms with Crippen molar-refractivity contribution in [1.82, 2.24) is 14.7 Å². The molecule has 2 heterocycles. The zero-order valence-corrected chi connectivity index (χ0v) is 22.1. The molecule has 2 saturated heterocycles. The summed E-state index contributed by atoms with van der Waals surface area (Å²) in [6, 6.07) is 12.0. The highest BCUT2D eigenvalue weighted by Gasteiger charge is 2.62. The summed E-state index contributed by atoms with van der Waals surface area (Å²) in [5.41, 5.74) is -2.81. The molecule has 0 unspecified atom stereocenters. The first kappa shape index (κ1) is 28.2. The lowest BCUT2D eigenvalue weighted by Crippen LogP contribution is -2.58. The number of carbonyl (C=O) groups is 2. The molecule has 0 saturated carbocycles. The number of nitrogens with zero attached hydrogens (tertiary/aromatic N) is 3. The third-order valence-corrected chi connectivity index (χ3v) is 7.69. The van der Waals surface area contributed by atoms with E-state index in [1.807, 2.05) is 6.07 Å². The maximum atomic E-state index is 13.9. The number of likely N-dealkylation sites (tertiary alicyclic amines) is 2. The van der Waals surface area contributed by atoms with E-state index in [-0.39, 0.29) is 31.1 Å². The van der Waals surface area contributed by atoms with Gasteiger partial charge in [-0.05, 0) is 37.5 Å². The molecule has 0 spiro atoms. The highest BCUT2D eigenvalue weighted by atomic mass is 35.5. The van der Waals surface area contributed by atoms with E-state index in [4.69, 9.17) is 11.6 Å². The highest BCUT2D eigenvalue weighted by molar-refractivity contribution is 6.34. The summed E-state index contributed by atoms with van der Waals surface area (Å²) in [6.45, 7) is 1.84. The standard InChI is InChI=1S/C27H32ClF3N4O3/c1-33(2)24(36)22-9-8-19(16-23(22)28)32-20-10-13-35(17-20)21-11-14-34(15-12-21)25(37)26(38,27(29,30)31)18-6-4-3-5-7-18/h3-9,16,20-21,32,38H,10-15,17H2,1-2H3/t20-,26+/m0/s1. The Kier molecular flexibility index (Phi) is 8.25. The number of anilines is 1. The molecule has 0 bridgehead atoms. The van der Waals surface area contributed by atoms with Crippen molar-refractivity contribution in [3.05, 3.63) is 64.7 Å². The zero-order chi connectivity index (χ0) is 27.7. The molecule has 0 aromatic heterocycles. The van der Waals surface area contributed by atoms with E-state index in [1.165, 1.54) is 23.1 Å². The molecule has 11 heteroatoms. The topological polar surface area (TPSA) is 76.1 Å². The van der Waals surface area contributed by atoms with Crippen LogP contribution >= 0.6 is 11.6 Å². The Bertz CT molecular complexity index is 1160. The molecular weight excluding hydrogens is 521 g/mol. The molecule has 4 rings (SSSR count). The van der Waals surface area contributed by atoms with Crippen LogP contribution in [0.25, 0.3) is 0 Å². The minimum Gasteiger partial charge on any atom is -0.381 e. The monoisotopic (exact) mass is 552 g/mol. The van der Waals surface area contributed by atoms with Gasteiger partial charge in [0.1, 0.15) is 0 Å². The second-order valence-electron chi connectivity index (χ2n) is 10.1. The summed E-state index contributed by atoms with van der Waals surface area (Å²) in [7, 11) is 3.33. The van der Waals surface area contributed by atoms with Gasteiger partial charge in [-0.3, -0.25) is 14.5 Å². The van der Waals surface area contributed by atoms with E-state index in [9.17, 15) is 27.9 Å². The fourth-order valence-corrected chi connectivity index (χ4v) is 5.50. The van der Waals surface area contributed by atoms with E-state index in [0.29, 0.717) is 23.4 Å². The Labute approximate surface area is 225 Å². The Morgan fingerprint density at radius 2 is 1.68 bits per heavy atom. The Balaban J connectivity index is 1.34. The minimum absolute atomic E-state index is 0.130. The van der Waals surface area contributed by atoms with Gasteiger partial charge < -0.3 is 20.2 Å². The van der Waals surface area contributed by atoms with Crippen LogP contribution in [0.5, 0.6) is 0 Å². The SMILES string of the molecule is CN(C)C(=O)c1ccc(N[C@H]2CCN(C3CCN(C(=O)[C@](O)(c4ccccc4)C(F)(F)F)CC3)C2)cc1Cl. The number of benzene rings is 2. The van der Waals surface area contributed by atoms with Crippen LogP contribution in [0.1, 0.15) is 35.2 Å². The van der Waals surface area contributed by atoms with Crippen molar-refractivity contribution in [1.29, 1.82) is 0 Å². The van der Waals surface area contributed by atoms with Crippen LogP contribution in [0.15, 0.2) is 48.5 Å². The van der Waals surface area contributed by atoms with E-state index in [1.54, 1.807) is 26.2 Å². The molecule has 2 aliphatic heterocycles. The van der Waals surface area contributed by atoms with Gasteiger partial charge in [-0.2, -0.15) is 13.2 Å². The number of halogens is 4. The van der Waals surface area contributed by atoms with Crippen LogP contribution in [0, 0.1) is 0 Å². The van der Waals surface area contributed by atoms with E-state index < -0.39 is 23.2 Å². The van der Waals surface area contributed by atoms with Gasteiger partial charge in [-0.15, -0.1) is 0 Å². The van der Waals surface area contributed by atoms with Gasteiger partial charge in [0.2, 0.25) is 0 Å². The van der Waals surface area contributed by atoms with Crippen molar-refractivity contribution in [3.63, 3.8) is 0 Å². The maximum absolute atomic E-state index is 13.9. The number of hydrogen-bond donors (Lipinski definition) is 2. The van der Waals surface area contributed by atoms with E-state index >= 15 is 0 Å². The van der Waals surface area contributed by atoms with Gasteiger partial charge in [-0.25, -0.2) is 0 Å². The van der Waals surface area contributed by atoms with Gasteiger partial charge >= 0.3 is 6.18 Å². The summed E-state index contributed by atoms with van der Waals surface area (Å²) in [6.07, 6.45) is -3.23. The van der Waals surface area contributed by atoms with Crippen molar-refractivity contribution in [2.24, 2.45) is 0 Å². The summed E-state index contributed by atoms with van der Waals surface area (Å²) in [5.74, 6) is -1.50. The van der Waals surface area contributed by atoms with Crippen LogP contribution in [0.4, 0.5) is 18.9 Å².